The van der Waals surface area contributed by atoms with E-state index < -0.39 is 26.5 Å². The van der Waals surface area contributed by atoms with Crippen LogP contribution in [-0.4, -0.2) is 54.3 Å². The molecule has 0 aliphatic heterocycles. The third-order valence-corrected chi connectivity index (χ3v) is 9.98. The molecule has 0 saturated carbocycles. The van der Waals surface area contributed by atoms with Crippen molar-refractivity contribution in [1.82, 2.24) is 5.32 Å². The SMILES string of the molecule is CC/C=C\C/C=C\C/C=C\C/C=C\CCCCC(=O)OCC(O)COP(=O)(O)OCCNC(=O)CCCCCCCCC/C=C\C/C=C\C/C=C\C/C=C\CCCCC. The van der Waals surface area contributed by atoms with Crippen LogP contribution in [0.4, 0.5) is 0 Å². The fourth-order valence-electron chi connectivity index (χ4n) is 5.59. The number of esters is 1. The number of carbonyl (C=O) groups excluding carboxylic acids is 2. The van der Waals surface area contributed by atoms with Crippen LogP contribution in [0.3, 0.4) is 0 Å². The fourth-order valence-corrected chi connectivity index (χ4v) is 6.35. The third kappa shape index (κ3) is 45.9. The Bertz CT molecular complexity index is 1280. The van der Waals surface area contributed by atoms with E-state index in [0.29, 0.717) is 12.8 Å². The number of aliphatic hydroxyl groups excluding tert-OH is 1. The lowest BCUT2D eigenvalue weighted by Gasteiger charge is -2.15. The second kappa shape index (κ2) is 44.5. The molecule has 10 heteroatoms. The van der Waals surface area contributed by atoms with Crippen molar-refractivity contribution in [2.45, 2.75) is 174 Å². The number of hydrogen-bond acceptors (Lipinski definition) is 7. The number of hydrogen-bond donors (Lipinski definition) is 3. The highest BCUT2D eigenvalue weighted by molar-refractivity contribution is 7.47. The van der Waals surface area contributed by atoms with Gasteiger partial charge in [-0.05, 0) is 96.3 Å². The molecule has 336 valence electrons. The van der Waals surface area contributed by atoms with Crippen LogP contribution in [0.15, 0.2) is 97.2 Å². The smallest absolute Gasteiger partial charge is 0.463 e. The van der Waals surface area contributed by atoms with Gasteiger partial charge in [-0.2, -0.15) is 0 Å². The lowest BCUT2D eigenvalue weighted by atomic mass is 10.1. The van der Waals surface area contributed by atoms with Crippen molar-refractivity contribution >= 4 is 19.7 Å². The molecule has 9 nitrogen and oxygen atoms in total. The first-order valence-corrected chi connectivity index (χ1v) is 24.2. The number of aliphatic hydroxyl groups is 1. The van der Waals surface area contributed by atoms with Crippen molar-refractivity contribution < 1.29 is 37.9 Å². The van der Waals surface area contributed by atoms with Gasteiger partial charge in [0.15, 0.2) is 0 Å². The molecule has 0 rings (SSSR count). The standard InChI is InChI=1S/C49H82NO8P/c1-3-5-7-9-11-13-15-17-19-20-21-22-23-24-25-26-28-29-31-33-35-37-39-41-48(52)50-43-44-57-59(54,55)58-46-47(51)45-56-49(53)42-40-38-36-34-32-30-27-18-16-14-12-10-8-6-4-2/h6,8,11-14,17-19,21-22,24-25,27,32,34,47,51H,3-5,7,9-10,15-16,20,23,26,28-31,33,35-46H2,1-2H3,(H,50,52)(H,54,55)/b8-6-,13-11-,14-12-,19-17-,22-21-,25-24-,27-18-,34-32-. The fraction of sp³-hybridized carbons (Fsp3) is 0.633. The maximum Gasteiger partial charge on any atom is 0.472 e. The summed E-state index contributed by atoms with van der Waals surface area (Å²) in [5.74, 6) is -0.577. The number of carbonyl (C=O) groups is 2. The summed E-state index contributed by atoms with van der Waals surface area (Å²) >= 11 is 0. The van der Waals surface area contributed by atoms with Gasteiger partial charge in [-0.1, -0.05) is 156 Å². The first-order valence-electron chi connectivity index (χ1n) is 22.7. The zero-order valence-corrected chi connectivity index (χ0v) is 37.8. The Morgan fingerprint density at radius 3 is 1.47 bits per heavy atom. The predicted molar refractivity (Wildman–Crippen MR) is 247 cm³/mol. The van der Waals surface area contributed by atoms with E-state index in [-0.39, 0.29) is 32.1 Å². The van der Waals surface area contributed by atoms with Crippen molar-refractivity contribution in [3.8, 4) is 0 Å². The number of rotatable bonds is 41. The van der Waals surface area contributed by atoms with Crippen LogP contribution in [0.1, 0.15) is 168 Å². The zero-order valence-electron chi connectivity index (χ0n) is 36.9. The summed E-state index contributed by atoms with van der Waals surface area (Å²) in [6.45, 7) is 3.33. The van der Waals surface area contributed by atoms with Gasteiger partial charge >= 0.3 is 13.8 Å². The molecule has 0 aliphatic carbocycles. The summed E-state index contributed by atoms with van der Waals surface area (Å²) in [4.78, 5) is 33.9. The Balaban J connectivity index is 3.68. The Morgan fingerprint density at radius 1 is 0.542 bits per heavy atom. The summed E-state index contributed by atoms with van der Waals surface area (Å²) in [5, 5.41) is 12.7. The molecule has 2 unspecified atom stereocenters. The molecule has 0 aromatic carbocycles. The maximum absolute atomic E-state index is 12.1. The first-order chi connectivity index (χ1) is 28.8. The van der Waals surface area contributed by atoms with Gasteiger partial charge in [0.1, 0.15) is 12.7 Å². The average molecular weight is 844 g/mol. The summed E-state index contributed by atoms with van der Waals surface area (Å²) in [6.07, 6.45) is 57.7. The highest BCUT2D eigenvalue weighted by atomic mass is 31.2. The van der Waals surface area contributed by atoms with Gasteiger partial charge in [0.25, 0.3) is 0 Å². The van der Waals surface area contributed by atoms with Crippen molar-refractivity contribution in [2.24, 2.45) is 0 Å². The summed E-state index contributed by atoms with van der Waals surface area (Å²) in [7, 11) is -4.44. The normalized spacial score (nSPS) is 14.2. The second-order valence-electron chi connectivity index (χ2n) is 14.6. The molecule has 2 atom stereocenters. The van der Waals surface area contributed by atoms with Gasteiger partial charge in [0.2, 0.25) is 5.91 Å². The first kappa shape index (κ1) is 55.9. The van der Waals surface area contributed by atoms with Crippen LogP contribution in [0.2, 0.25) is 0 Å². The minimum absolute atomic E-state index is 0.0641. The van der Waals surface area contributed by atoms with E-state index in [1.165, 1.54) is 51.4 Å². The van der Waals surface area contributed by atoms with Gasteiger partial charge in [-0.3, -0.25) is 18.6 Å². The van der Waals surface area contributed by atoms with E-state index in [0.717, 1.165) is 83.5 Å². The van der Waals surface area contributed by atoms with E-state index in [1.54, 1.807) is 0 Å². The van der Waals surface area contributed by atoms with E-state index in [1.807, 2.05) is 0 Å². The second-order valence-corrected chi connectivity index (χ2v) is 16.1. The van der Waals surface area contributed by atoms with Crippen LogP contribution < -0.4 is 5.32 Å². The minimum Gasteiger partial charge on any atom is -0.463 e. The maximum atomic E-state index is 12.1. The largest absolute Gasteiger partial charge is 0.472 e. The molecule has 0 aromatic rings. The van der Waals surface area contributed by atoms with Gasteiger partial charge in [0.05, 0.1) is 13.2 Å². The van der Waals surface area contributed by atoms with E-state index in [9.17, 15) is 24.2 Å². The van der Waals surface area contributed by atoms with Crippen LogP contribution in [0.5, 0.6) is 0 Å². The molecule has 0 radical (unpaired) electrons. The molecule has 59 heavy (non-hydrogen) atoms. The summed E-state index contributed by atoms with van der Waals surface area (Å²) < 4.78 is 26.8. The van der Waals surface area contributed by atoms with Crippen molar-refractivity contribution in [2.75, 3.05) is 26.4 Å². The van der Waals surface area contributed by atoms with Crippen LogP contribution in [0, 0.1) is 0 Å². The highest BCUT2D eigenvalue weighted by Gasteiger charge is 2.23. The number of amides is 1. The molecular formula is C49H82NO8P. The van der Waals surface area contributed by atoms with E-state index >= 15 is 0 Å². The Kier molecular flexibility index (Phi) is 42.2. The molecule has 3 N–H and O–H groups in total. The molecule has 0 saturated heterocycles. The van der Waals surface area contributed by atoms with E-state index in [2.05, 4.69) is 116 Å². The summed E-state index contributed by atoms with van der Waals surface area (Å²) in [6, 6.07) is 0. The van der Waals surface area contributed by atoms with Crippen molar-refractivity contribution in [3.63, 3.8) is 0 Å². The number of phosphoric ester groups is 1. The molecule has 0 spiro atoms. The quantitative estimate of drug-likeness (QED) is 0.0240. The van der Waals surface area contributed by atoms with Gasteiger partial charge in [-0.25, -0.2) is 4.57 Å². The Morgan fingerprint density at radius 2 is 0.966 bits per heavy atom. The number of ether oxygens (including phenoxy) is 1. The molecule has 0 aromatic heterocycles. The zero-order chi connectivity index (χ0) is 43.2. The van der Waals surface area contributed by atoms with Crippen molar-refractivity contribution in [1.29, 1.82) is 0 Å². The highest BCUT2D eigenvalue weighted by Crippen LogP contribution is 2.42. The van der Waals surface area contributed by atoms with Crippen LogP contribution >= 0.6 is 7.82 Å². The molecule has 0 fully saturated rings. The number of nitrogens with one attached hydrogen (secondary N) is 1. The van der Waals surface area contributed by atoms with E-state index in [4.69, 9.17) is 13.8 Å². The number of phosphoric acid groups is 1. The molecule has 1 amide bonds. The van der Waals surface area contributed by atoms with Crippen LogP contribution in [0.25, 0.3) is 0 Å². The molecule has 0 bridgehead atoms. The minimum atomic E-state index is -4.44. The lowest BCUT2D eigenvalue weighted by molar-refractivity contribution is -0.147. The van der Waals surface area contributed by atoms with Gasteiger partial charge < -0.3 is 20.1 Å². The monoisotopic (exact) mass is 844 g/mol. The summed E-state index contributed by atoms with van der Waals surface area (Å²) in [5.41, 5.74) is 0. The number of unbranched alkanes of at least 4 members (excludes halogenated alkanes) is 12. The van der Waals surface area contributed by atoms with Crippen LogP contribution in [-0.2, 0) is 27.9 Å². The third-order valence-electron chi connectivity index (χ3n) is 9.00. The van der Waals surface area contributed by atoms with Gasteiger partial charge in [0, 0.05) is 19.4 Å². The van der Waals surface area contributed by atoms with Crippen molar-refractivity contribution in [3.05, 3.63) is 97.2 Å². The Hall–Kier alpha value is -3.07. The average Bonchev–Trinajstić information content (AvgIpc) is 3.22. The molecular weight excluding hydrogens is 762 g/mol. The van der Waals surface area contributed by atoms with Gasteiger partial charge in [-0.15, -0.1) is 0 Å². The molecule has 0 heterocycles. The number of allylic oxidation sites excluding steroid dienone is 16. The topological polar surface area (TPSA) is 131 Å². The Labute approximate surface area is 359 Å². The lowest BCUT2D eigenvalue weighted by Crippen LogP contribution is -2.27. The molecule has 0 aliphatic rings. The predicted octanol–water partition coefficient (Wildman–Crippen LogP) is 13.0.